The van der Waals surface area contributed by atoms with Gasteiger partial charge in [-0.3, -0.25) is 19.2 Å². The van der Waals surface area contributed by atoms with Gasteiger partial charge in [0.2, 0.25) is 17.6 Å². The van der Waals surface area contributed by atoms with Gasteiger partial charge in [-0.15, -0.1) is 11.3 Å². The average Bonchev–Trinajstić information content (AvgIpc) is 4.10. The number of nitrogens with zero attached hydrogens (tertiary/aromatic N) is 2. The van der Waals surface area contributed by atoms with Crippen molar-refractivity contribution in [1.82, 2.24) is 25.8 Å². The molecule has 3 amide bonds. The lowest BCUT2D eigenvalue weighted by Crippen LogP contribution is -2.55. The van der Waals surface area contributed by atoms with E-state index in [0.29, 0.717) is 62.8 Å². The highest BCUT2D eigenvalue weighted by Gasteiger charge is 2.45. The zero-order chi connectivity index (χ0) is 54.6. The summed E-state index contributed by atoms with van der Waals surface area (Å²) < 4.78 is 36.2. The average molecular weight is 1090 g/mol. The Labute approximate surface area is 456 Å². The number of ether oxygens (including phenoxy) is 5. The summed E-state index contributed by atoms with van der Waals surface area (Å²) in [6, 6.07) is 5.75. The lowest BCUT2D eigenvalue weighted by molar-refractivity contribution is -0.160. The third-order valence-corrected chi connectivity index (χ3v) is 22.2. The largest absolute Gasteiger partial charge is 0.491 e. The van der Waals surface area contributed by atoms with E-state index in [4.69, 9.17) is 33.1 Å². The highest BCUT2D eigenvalue weighted by Crippen LogP contribution is 2.46. The molecule has 1 saturated carbocycles. The predicted octanol–water partition coefficient (Wildman–Crippen LogP) is 9.50. The van der Waals surface area contributed by atoms with Gasteiger partial charge in [0.25, 0.3) is 0 Å². The first-order valence-corrected chi connectivity index (χ1v) is 32.0. The summed E-state index contributed by atoms with van der Waals surface area (Å²) in [5.41, 5.74) is 1.98. The molecule has 3 fully saturated rings. The van der Waals surface area contributed by atoms with E-state index in [9.17, 15) is 24.0 Å². The molecule has 3 heterocycles. The molecule has 10 atom stereocenters. The maximum absolute atomic E-state index is 14.2. The maximum atomic E-state index is 14.2. The number of thiazole rings is 1. The second-order valence-corrected chi connectivity index (χ2v) is 29.0. The Morgan fingerprint density at radius 3 is 2.46 bits per heavy atom. The minimum Gasteiger partial charge on any atom is -0.491 e. The Morgan fingerprint density at radius 1 is 0.961 bits per heavy atom. The zero-order valence-corrected chi connectivity index (χ0v) is 48.5. The second kappa shape index (κ2) is 27.4. The minimum atomic E-state index is -2.05. The number of carbonyl (C=O) groups is 5. The fourth-order valence-corrected chi connectivity index (χ4v) is 13.7. The van der Waals surface area contributed by atoms with Crippen molar-refractivity contribution >= 4 is 49.3 Å². The number of rotatable bonds is 24. The Kier molecular flexibility index (Phi) is 21.4. The van der Waals surface area contributed by atoms with Crippen LogP contribution in [0.25, 0.3) is 0 Å². The first-order valence-electron chi connectivity index (χ1n) is 28.2. The SMILES string of the molecule is CN[C@@H](C)C(=O)N[C@H](C(=O)N1CCC[C@@H]1c1nc(C(=O)c2cccc(OCCOCCOCCNC(=O)O[C@H]3C[C@@H](C)C=C4C=C[C@H](C)C(CC[C@@H]5C[C@@H](O[Si](C)(C)C(C)(C)C)CC(=O)O5)[C@H]43)c2)cs1)C1CCCCC1. The number of benzene rings is 1. The molecule has 76 heavy (non-hydrogen) atoms. The number of fused-ring (bicyclic) bond motifs is 1. The quantitative estimate of drug-likeness (QED) is 0.0390. The summed E-state index contributed by atoms with van der Waals surface area (Å²) in [7, 11) is -0.311. The monoisotopic (exact) mass is 1090 g/mol. The van der Waals surface area contributed by atoms with Crippen molar-refractivity contribution < 1.29 is 52.1 Å². The van der Waals surface area contributed by atoms with Gasteiger partial charge in [-0.2, -0.15) is 0 Å². The first-order chi connectivity index (χ1) is 36.3. The molecule has 18 heteroatoms. The lowest BCUT2D eigenvalue weighted by Gasteiger charge is -2.44. The number of likely N-dealkylation sites (N-methyl/N-ethyl adjacent to an activating group) is 1. The number of amides is 3. The van der Waals surface area contributed by atoms with Gasteiger partial charge in [0.15, 0.2) is 8.32 Å². The third kappa shape index (κ3) is 15.9. The summed E-state index contributed by atoms with van der Waals surface area (Å²) in [4.78, 5) is 73.6. The molecule has 7 rings (SSSR count). The fourth-order valence-electron chi connectivity index (χ4n) is 11.4. The first kappa shape index (κ1) is 59.2. The molecule has 2 saturated heterocycles. The molecule has 5 aliphatic rings. The van der Waals surface area contributed by atoms with Gasteiger partial charge >= 0.3 is 12.1 Å². The molecule has 2 aliphatic heterocycles. The Balaban J connectivity index is 0.798. The minimum absolute atomic E-state index is 0.0522. The number of likely N-dealkylation sites (tertiary alicyclic amines) is 1. The standard InChI is InChI=1S/C58H87N5O11SSi/c1-37-31-41-21-20-38(2)46(23-22-44-34-45(35-50(64)72-44)74-76(8,9)58(4,5)6)51(41)49(32-37)73-57(68)60-24-26-69-27-28-70-29-30-71-43-18-13-17-42(33-43)53(65)47-36-75-55(61-47)48-19-14-25-63(48)56(67)52(40-15-11-10-12-16-40)62-54(66)39(3)59-7/h13,17-18,20-21,31,33,36-40,44-46,48-49,51-52,59H,10-12,14-16,19,22-30,32,34-35H2,1-9H3,(H,60,68)(H,62,66)/t37-,38-,39-,44+,45+,46?,48+,49-,51-,52-/m0/s1. The molecule has 0 radical (unpaired) electrons. The molecule has 1 unspecified atom stereocenters. The Morgan fingerprint density at radius 2 is 1.71 bits per heavy atom. The zero-order valence-electron chi connectivity index (χ0n) is 46.7. The van der Waals surface area contributed by atoms with Crippen molar-refractivity contribution in [2.75, 3.05) is 53.2 Å². The fraction of sp³-hybridized carbons (Fsp3) is 0.690. The maximum Gasteiger partial charge on any atom is 0.407 e. The van der Waals surface area contributed by atoms with E-state index < -0.39 is 26.5 Å². The summed E-state index contributed by atoms with van der Waals surface area (Å²) in [5, 5.41) is 11.5. The molecule has 1 aromatic heterocycles. The Hall–Kier alpha value is -4.46. The van der Waals surface area contributed by atoms with Crippen molar-refractivity contribution in [2.24, 2.45) is 29.6 Å². The van der Waals surface area contributed by atoms with Crippen LogP contribution in [0, 0.1) is 29.6 Å². The molecule has 0 spiro atoms. The molecule has 3 N–H and O–H groups in total. The molecule has 3 aliphatic carbocycles. The highest BCUT2D eigenvalue weighted by molar-refractivity contribution is 7.10. The number of nitrogens with one attached hydrogen (secondary N) is 3. The van der Waals surface area contributed by atoms with Crippen LogP contribution in [0.4, 0.5) is 4.79 Å². The van der Waals surface area contributed by atoms with E-state index in [-0.39, 0.29) is 95.7 Å². The van der Waals surface area contributed by atoms with Gasteiger partial charge in [-0.05, 0) is 118 Å². The summed E-state index contributed by atoms with van der Waals surface area (Å²) in [6.45, 7) is 19.7. The number of alkyl carbamates (subject to hydrolysis) is 1. The van der Waals surface area contributed by atoms with E-state index in [1.165, 1.54) is 16.9 Å². The number of aromatic nitrogens is 1. The van der Waals surface area contributed by atoms with Crippen molar-refractivity contribution in [3.05, 3.63) is 69.7 Å². The van der Waals surface area contributed by atoms with Gasteiger partial charge < -0.3 is 49.0 Å². The molecule has 2 aromatic rings. The van der Waals surface area contributed by atoms with Crippen molar-refractivity contribution in [3.8, 4) is 5.75 Å². The number of hydrogen-bond donors (Lipinski definition) is 3. The predicted molar refractivity (Wildman–Crippen MR) is 296 cm³/mol. The van der Waals surface area contributed by atoms with Gasteiger partial charge in [-0.1, -0.05) is 84.2 Å². The normalized spacial score (nSPS) is 25.9. The molecular weight excluding hydrogens is 1000 g/mol. The van der Waals surface area contributed by atoms with Gasteiger partial charge in [0.1, 0.15) is 41.3 Å². The van der Waals surface area contributed by atoms with Crippen LogP contribution >= 0.6 is 11.3 Å². The molecule has 420 valence electrons. The summed E-state index contributed by atoms with van der Waals surface area (Å²) in [6.07, 6.45) is 15.7. The van der Waals surface area contributed by atoms with Crippen molar-refractivity contribution in [3.63, 3.8) is 0 Å². The van der Waals surface area contributed by atoms with Crippen molar-refractivity contribution in [1.29, 1.82) is 0 Å². The van der Waals surface area contributed by atoms with Crippen LogP contribution < -0.4 is 20.7 Å². The lowest BCUT2D eigenvalue weighted by atomic mass is 9.65. The molecular formula is C58H87N5O11SSi. The number of allylic oxidation sites excluding steroid dienone is 3. The van der Waals surface area contributed by atoms with Crippen LogP contribution in [0.5, 0.6) is 5.75 Å². The highest BCUT2D eigenvalue weighted by atomic mass is 32.1. The second-order valence-electron chi connectivity index (χ2n) is 23.4. The van der Waals surface area contributed by atoms with Crippen LogP contribution in [0.15, 0.2) is 53.4 Å². The number of cyclic esters (lactones) is 1. The summed E-state index contributed by atoms with van der Waals surface area (Å²) >= 11 is 1.39. The molecule has 0 bridgehead atoms. The molecule has 16 nitrogen and oxygen atoms in total. The van der Waals surface area contributed by atoms with E-state index in [2.05, 4.69) is 81.9 Å². The number of hydrogen-bond acceptors (Lipinski definition) is 14. The molecule has 1 aromatic carbocycles. The summed E-state index contributed by atoms with van der Waals surface area (Å²) in [5.74, 6) is 0.775. The van der Waals surface area contributed by atoms with Crippen LogP contribution in [0.1, 0.15) is 146 Å². The van der Waals surface area contributed by atoms with E-state index >= 15 is 0 Å². The van der Waals surface area contributed by atoms with Gasteiger partial charge in [-0.25, -0.2) is 9.78 Å². The van der Waals surface area contributed by atoms with E-state index in [0.717, 1.165) is 69.2 Å². The van der Waals surface area contributed by atoms with Crippen LogP contribution in [-0.4, -0.2) is 131 Å². The topological polar surface area (TPSA) is 193 Å². The number of ketones is 1. The number of esters is 1. The smallest absolute Gasteiger partial charge is 0.407 e. The van der Waals surface area contributed by atoms with Gasteiger partial charge in [0.05, 0.1) is 51.0 Å². The van der Waals surface area contributed by atoms with Crippen LogP contribution in [0.3, 0.4) is 0 Å². The van der Waals surface area contributed by atoms with Crippen LogP contribution in [-0.2, 0) is 37.8 Å². The van der Waals surface area contributed by atoms with Gasteiger partial charge in [0, 0.05) is 36.4 Å². The van der Waals surface area contributed by atoms with Crippen LogP contribution in [0.2, 0.25) is 18.1 Å². The third-order valence-electron chi connectivity index (χ3n) is 16.7. The van der Waals surface area contributed by atoms with Crippen molar-refractivity contribution in [2.45, 2.75) is 173 Å². The van der Waals surface area contributed by atoms with E-state index in [1.807, 2.05) is 4.90 Å². The Bertz CT molecular complexity index is 2350. The number of carbonyl (C=O) groups excluding carboxylic acids is 5. The van der Waals surface area contributed by atoms with E-state index in [1.54, 1.807) is 43.6 Å².